The first-order valence-corrected chi connectivity index (χ1v) is 8.37. The van der Waals surface area contributed by atoms with Crippen LogP contribution in [-0.2, 0) is 33.6 Å². The summed E-state index contributed by atoms with van der Waals surface area (Å²) in [5.74, 6) is -1.88. The Labute approximate surface area is 140 Å². The molecular formula is C17H22O7. The van der Waals surface area contributed by atoms with Gasteiger partial charge in [0.05, 0.1) is 6.10 Å². The number of hydrogen-bond acceptors (Lipinski definition) is 7. The number of rotatable bonds is 1. The highest BCUT2D eigenvalue weighted by Crippen LogP contribution is 2.55. The van der Waals surface area contributed by atoms with Gasteiger partial charge in [-0.05, 0) is 25.7 Å². The van der Waals surface area contributed by atoms with Crippen LogP contribution >= 0.6 is 0 Å². The Morgan fingerprint density at radius 3 is 2.79 bits per heavy atom. The molecule has 0 aromatic rings. The largest absolute Gasteiger partial charge is 0.459 e. The zero-order valence-corrected chi connectivity index (χ0v) is 14.1. The summed E-state index contributed by atoms with van der Waals surface area (Å²) in [6.45, 7) is 9.02. The highest BCUT2D eigenvalue weighted by atomic mass is 17.3. The van der Waals surface area contributed by atoms with Gasteiger partial charge in [-0.1, -0.05) is 13.5 Å². The van der Waals surface area contributed by atoms with E-state index in [0.717, 1.165) is 0 Å². The van der Waals surface area contributed by atoms with Crippen LogP contribution in [0.15, 0.2) is 12.2 Å². The van der Waals surface area contributed by atoms with Crippen LogP contribution in [0.25, 0.3) is 0 Å². The van der Waals surface area contributed by atoms with E-state index in [-0.39, 0.29) is 36.0 Å². The van der Waals surface area contributed by atoms with Crippen molar-refractivity contribution in [2.24, 2.45) is 11.8 Å². The van der Waals surface area contributed by atoms with E-state index in [0.29, 0.717) is 24.8 Å². The Balaban J connectivity index is 1.73. The molecule has 4 heterocycles. The molecule has 7 atom stereocenters. The van der Waals surface area contributed by atoms with Gasteiger partial charge >= 0.3 is 11.9 Å². The van der Waals surface area contributed by atoms with Crippen LogP contribution in [0.5, 0.6) is 0 Å². The highest BCUT2D eigenvalue weighted by Gasteiger charge is 2.68. The minimum atomic E-state index is -0.975. The number of carbonyl (C=O) groups excluding carboxylic acids is 2. The minimum Gasteiger partial charge on any atom is -0.459 e. The molecule has 5 aliphatic rings. The van der Waals surface area contributed by atoms with E-state index >= 15 is 0 Å². The second-order valence-electron chi connectivity index (χ2n) is 7.51. The first kappa shape index (κ1) is 16.1. The summed E-state index contributed by atoms with van der Waals surface area (Å²) < 4.78 is 17.2. The summed E-state index contributed by atoms with van der Waals surface area (Å²) in [4.78, 5) is 34.8. The van der Waals surface area contributed by atoms with E-state index in [9.17, 15) is 9.59 Å². The van der Waals surface area contributed by atoms with Crippen molar-refractivity contribution in [2.75, 3.05) is 0 Å². The van der Waals surface area contributed by atoms with Crippen LogP contribution in [0, 0.1) is 11.8 Å². The first-order valence-electron chi connectivity index (χ1n) is 8.37. The summed E-state index contributed by atoms with van der Waals surface area (Å²) >= 11 is 0. The zero-order valence-electron chi connectivity index (χ0n) is 14.1. The fourth-order valence-corrected chi connectivity index (χ4v) is 4.69. The molecule has 132 valence electrons. The van der Waals surface area contributed by atoms with Crippen molar-refractivity contribution in [2.45, 2.75) is 69.7 Å². The van der Waals surface area contributed by atoms with Crippen molar-refractivity contribution in [1.29, 1.82) is 0 Å². The number of carbonyl (C=O) groups is 2. The van der Waals surface area contributed by atoms with Crippen molar-refractivity contribution >= 4 is 11.9 Å². The average molecular weight is 338 g/mol. The second kappa shape index (κ2) is 5.03. The van der Waals surface area contributed by atoms with Gasteiger partial charge in [-0.3, -0.25) is 4.79 Å². The monoisotopic (exact) mass is 338 g/mol. The SMILES string of the molecule is C=C1C(=O)O[C@@H]2C[C@H](C)[C@]34OO[C@](C)(C[C@@H]3OC(C)=O)O[C@H]4C[C@H]12. The summed E-state index contributed by atoms with van der Waals surface area (Å²) in [7, 11) is 0. The molecule has 1 saturated carbocycles. The maximum absolute atomic E-state index is 11.9. The molecule has 5 fully saturated rings. The van der Waals surface area contributed by atoms with Crippen molar-refractivity contribution in [3.8, 4) is 0 Å². The van der Waals surface area contributed by atoms with Crippen LogP contribution in [-0.4, -0.2) is 41.6 Å². The lowest BCUT2D eigenvalue weighted by Gasteiger charge is -2.58. The smallest absolute Gasteiger partial charge is 0.334 e. The van der Waals surface area contributed by atoms with Crippen LogP contribution < -0.4 is 0 Å². The summed E-state index contributed by atoms with van der Waals surface area (Å²) in [6, 6.07) is 0. The minimum absolute atomic E-state index is 0.0922. The van der Waals surface area contributed by atoms with Gasteiger partial charge in [0.2, 0.25) is 5.79 Å². The van der Waals surface area contributed by atoms with Crippen LogP contribution in [0.2, 0.25) is 0 Å². The van der Waals surface area contributed by atoms with Gasteiger partial charge in [0.15, 0.2) is 5.60 Å². The molecule has 1 spiro atoms. The standard InChI is InChI=1S/C17H22O7/c1-8-5-12-11(9(2)15(19)21-12)6-13-17(8)14(20-10(3)18)7-16(4,22-13)23-24-17/h8,11-14H,2,5-7H2,1,3-4H3/t8-,11+,12+,13-,14-,16+,17+/m0/s1. The van der Waals surface area contributed by atoms with E-state index in [1.165, 1.54) is 6.92 Å². The van der Waals surface area contributed by atoms with Crippen molar-refractivity contribution in [3.05, 3.63) is 12.2 Å². The fourth-order valence-electron chi connectivity index (χ4n) is 4.69. The molecule has 4 aliphatic heterocycles. The van der Waals surface area contributed by atoms with Crippen LogP contribution in [0.4, 0.5) is 0 Å². The maximum Gasteiger partial charge on any atom is 0.334 e. The molecule has 2 bridgehead atoms. The van der Waals surface area contributed by atoms with E-state index in [1.54, 1.807) is 6.92 Å². The third kappa shape index (κ3) is 2.08. The van der Waals surface area contributed by atoms with Gasteiger partial charge < -0.3 is 14.2 Å². The Morgan fingerprint density at radius 2 is 2.08 bits per heavy atom. The van der Waals surface area contributed by atoms with Crippen LogP contribution in [0.1, 0.15) is 40.0 Å². The van der Waals surface area contributed by atoms with E-state index in [1.807, 2.05) is 6.92 Å². The summed E-state index contributed by atoms with van der Waals surface area (Å²) in [5.41, 5.74) is -0.426. The fraction of sp³-hybridized carbons (Fsp3) is 0.765. The van der Waals surface area contributed by atoms with E-state index in [4.69, 9.17) is 24.0 Å². The third-order valence-corrected chi connectivity index (χ3v) is 5.87. The Kier molecular flexibility index (Phi) is 3.37. The van der Waals surface area contributed by atoms with Crippen molar-refractivity contribution in [1.82, 2.24) is 0 Å². The van der Waals surface area contributed by atoms with Gasteiger partial charge in [0, 0.05) is 24.8 Å². The molecule has 5 rings (SSSR count). The topological polar surface area (TPSA) is 80.3 Å². The lowest BCUT2D eigenvalue weighted by Crippen LogP contribution is -2.72. The Bertz CT molecular complexity index is 616. The molecule has 1 aliphatic carbocycles. The Morgan fingerprint density at radius 1 is 1.33 bits per heavy atom. The maximum atomic E-state index is 11.9. The lowest BCUT2D eigenvalue weighted by atomic mass is 9.73. The van der Waals surface area contributed by atoms with Gasteiger partial charge in [0.1, 0.15) is 12.2 Å². The molecule has 0 amide bonds. The average Bonchev–Trinajstić information content (AvgIpc) is 2.67. The van der Waals surface area contributed by atoms with E-state index < -0.39 is 17.5 Å². The summed E-state index contributed by atoms with van der Waals surface area (Å²) in [6.07, 6.45) is 0.417. The molecule has 7 heteroatoms. The predicted octanol–water partition coefficient (Wildman–Crippen LogP) is 1.65. The zero-order chi connectivity index (χ0) is 17.3. The summed E-state index contributed by atoms with van der Waals surface area (Å²) in [5, 5.41) is 0. The molecule has 0 aromatic heterocycles. The lowest BCUT2D eigenvalue weighted by molar-refractivity contribution is -0.571. The third-order valence-electron chi connectivity index (χ3n) is 5.87. The molecule has 0 unspecified atom stereocenters. The number of fused-ring (bicyclic) bond motifs is 3. The Hall–Kier alpha value is -1.44. The van der Waals surface area contributed by atoms with Gasteiger partial charge in [-0.15, -0.1) is 0 Å². The molecule has 0 N–H and O–H groups in total. The molecule has 4 saturated heterocycles. The predicted molar refractivity (Wildman–Crippen MR) is 79.3 cm³/mol. The molecule has 24 heavy (non-hydrogen) atoms. The first-order chi connectivity index (χ1) is 11.2. The number of esters is 2. The number of ether oxygens (including phenoxy) is 3. The van der Waals surface area contributed by atoms with Gasteiger partial charge in [-0.25, -0.2) is 14.6 Å². The quantitative estimate of drug-likeness (QED) is 0.408. The van der Waals surface area contributed by atoms with Crippen molar-refractivity contribution in [3.63, 3.8) is 0 Å². The number of hydrogen-bond donors (Lipinski definition) is 0. The normalized spacial score (nSPS) is 49.9. The van der Waals surface area contributed by atoms with E-state index in [2.05, 4.69) is 6.58 Å². The van der Waals surface area contributed by atoms with Crippen LogP contribution in [0.3, 0.4) is 0 Å². The molecular weight excluding hydrogens is 316 g/mol. The molecule has 0 aromatic carbocycles. The van der Waals surface area contributed by atoms with Gasteiger partial charge in [-0.2, -0.15) is 0 Å². The van der Waals surface area contributed by atoms with Gasteiger partial charge in [0.25, 0.3) is 0 Å². The van der Waals surface area contributed by atoms with Crippen molar-refractivity contribution < 1.29 is 33.6 Å². The molecule has 7 nitrogen and oxygen atoms in total. The highest BCUT2D eigenvalue weighted by molar-refractivity contribution is 5.90. The second-order valence-corrected chi connectivity index (χ2v) is 7.51. The molecule has 0 radical (unpaired) electrons.